The fraction of sp³-hybridized carbons (Fsp3) is 0.318. The van der Waals surface area contributed by atoms with Crippen LogP contribution < -0.4 is 0 Å². The van der Waals surface area contributed by atoms with Crippen molar-refractivity contribution in [2.75, 3.05) is 19.7 Å². The maximum Gasteiger partial charge on any atom is 0.0743 e. The topological polar surface area (TPSA) is 25.4 Å². The Hall–Kier alpha value is -2.23. The molecule has 25 heavy (non-hydrogen) atoms. The van der Waals surface area contributed by atoms with Crippen molar-refractivity contribution < 1.29 is 4.74 Å². The molecule has 0 saturated carbocycles. The molecule has 1 atom stereocenters. The van der Waals surface area contributed by atoms with Crippen LogP contribution in [0.4, 0.5) is 0 Å². The zero-order chi connectivity index (χ0) is 17.1. The van der Waals surface area contributed by atoms with E-state index in [0.717, 1.165) is 32.7 Å². The highest BCUT2D eigenvalue weighted by molar-refractivity contribution is 5.85. The van der Waals surface area contributed by atoms with Crippen LogP contribution >= 0.6 is 0 Å². The normalized spacial score (nSPS) is 18.5. The molecule has 3 aromatic rings. The number of morpholine rings is 1. The molecular weight excluding hydrogens is 308 g/mol. The van der Waals surface area contributed by atoms with Crippen molar-refractivity contribution in [3.05, 3.63) is 77.6 Å². The molecule has 1 aromatic heterocycles. The Balaban J connectivity index is 1.47. The van der Waals surface area contributed by atoms with Crippen molar-refractivity contribution in [3.8, 4) is 0 Å². The van der Waals surface area contributed by atoms with Crippen LogP contribution in [0.2, 0.25) is 0 Å². The molecule has 0 bridgehead atoms. The van der Waals surface area contributed by atoms with Gasteiger partial charge in [0.2, 0.25) is 0 Å². The number of nitrogens with zero attached hydrogens (tertiary/aromatic N) is 2. The van der Waals surface area contributed by atoms with Crippen LogP contribution in [0, 0.1) is 6.92 Å². The van der Waals surface area contributed by atoms with Crippen LogP contribution in [0.15, 0.2) is 60.8 Å². The summed E-state index contributed by atoms with van der Waals surface area (Å²) < 4.78 is 6.07. The lowest BCUT2D eigenvalue weighted by atomic mass is 9.99. The summed E-state index contributed by atoms with van der Waals surface area (Å²) in [6, 6.07) is 19.3. The van der Waals surface area contributed by atoms with E-state index in [1.807, 2.05) is 12.3 Å². The third kappa shape index (κ3) is 3.73. The van der Waals surface area contributed by atoms with Gasteiger partial charge in [0.15, 0.2) is 0 Å². The monoisotopic (exact) mass is 332 g/mol. The Kier molecular flexibility index (Phi) is 4.77. The second-order valence-corrected chi connectivity index (χ2v) is 6.84. The Bertz CT molecular complexity index is 856. The molecule has 1 unspecified atom stereocenters. The first-order chi connectivity index (χ1) is 12.3. The first-order valence-electron chi connectivity index (χ1n) is 9.01. The predicted molar refractivity (Wildman–Crippen MR) is 102 cm³/mol. The van der Waals surface area contributed by atoms with E-state index >= 15 is 0 Å². The molecule has 1 aliphatic heterocycles. The number of benzene rings is 2. The van der Waals surface area contributed by atoms with E-state index in [2.05, 4.69) is 65.3 Å². The Morgan fingerprint density at radius 2 is 1.96 bits per heavy atom. The zero-order valence-electron chi connectivity index (χ0n) is 14.7. The minimum atomic E-state index is 0.239. The number of aryl methyl sites for hydroxylation is 1. The van der Waals surface area contributed by atoms with E-state index in [1.54, 1.807) is 0 Å². The Labute approximate surface area is 149 Å². The summed E-state index contributed by atoms with van der Waals surface area (Å²) in [7, 11) is 0. The van der Waals surface area contributed by atoms with Crippen molar-refractivity contribution in [2.45, 2.75) is 26.0 Å². The molecule has 1 aliphatic rings. The molecule has 0 aliphatic carbocycles. The van der Waals surface area contributed by atoms with Crippen LogP contribution in [-0.4, -0.2) is 35.7 Å². The SMILES string of the molecule is Cc1cccnc1CN1CCOC(Cc2cccc3ccccc23)C1. The fourth-order valence-corrected chi connectivity index (χ4v) is 3.66. The van der Waals surface area contributed by atoms with Gasteiger partial charge in [-0.15, -0.1) is 0 Å². The van der Waals surface area contributed by atoms with Crippen molar-refractivity contribution >= 4 is 10.8 Å². The summed E-state index contributed by atoms with van der Waals surface area (Å²) in [4.78, 5) is 7.01. The molecule has 0 N–H and O–H groups in total. The van der Waals surface area contributed by atoms with E-state index in [-0.39, 0.29) is 6.10 Å². The molecule has 4 rings (SSSR count). The summed E-state index contributed by atoms with van der Waals surface area (Å²) in [5, 5.41) is 2.64. The van der Waals surface area contributed by atoms with Gasteiger partial charge in [0.25, 0.3) is 0 Å². The molecule has 3 heteroatoms. The van der Waals surface area contributed by atoms with Gasteiger partial charge in [-0.2, -0.15) is 0 Å². The maximum atomic E-state index is 6.07. The summed E-state index contributed by atoms with van der Waals surface area (Å²) in [6.45, 7) is 5.76. The highest BCUT2D eigenvalue weighted by atomic mass is 16.5. The summed E-state index contributed by atoms with van der Waals surface area (Å²) in [5.74, 6) is 0. The highest BCUT2D eigenvalue weighted by Crippen LogP contribution is 2.22. The number of pyridine rings is 1. The minimum absolute atomic E-state index is 0.239. The van der Waals surface area contributed by atoms with Gasteiger partial charge in [-0.1, -0.05) is 48.5 Å². The average Bonchev–Trinajstić information content (AvgIpc) is 2.64. The van der Waals surface area contributed by atoms with Crippen molar-refractivity contribution in [1.29, 1.82) is 0 Å². The first-order valence-corrected chi connectivity index (χ1v) is 9.01. The van der Waals surface area contributed by atoms with Gasteiger partial charge in [-0.3, -0.25) is 9.88 Å². The van der Waals surface area contributed by atoms with Gasteiger partial charge in [0.05, 0.1) is 18.4 Å². The van der Waals surface area contributed by atoms with Crippen molar-refractivity contribution in [1.82, 2.24) is 9.88 Å². The third-order valence-electron chi connectivity index (χ3n) is 5.04. The molecule has 128 valence electrons. The standard InChI is InChI=1S/C22H24N2O/c1-17-6-5-11-23-22(17)16-24-12-13-25-20(15-24)14-19-9-4-8-18-7-2-3-10-21(18)19/h2-11,20H,12-16H2,1H3. The predicted octanol–water partition coefficient (Wildman–Crippen LogP) is 3.99. The fourth-order valence-electron chi connectivity index (χ4n) is 3.66. The van der Waals surface area contributed by atoms with Crippen molar-refractivity contribution in [3.63, 3.8) is 0 Å². The Morgan fingerprint density at radius 3 is 2.88 bits per heavy atom. The molecule has 2 aromatic carbocycles. The number of ether oxygens (including phenoxy) is 1. The van der Waals surface area contributed by atoms with Gasteiger partial charge in [0, 0.05) is 32.3 Å². The van der Waals surface area contributed by atoms with Crippen LogP contribution in [0.1, 0.15) is 16.8 Å². The molecule has 1 saturated heterocycles. The summed E-state index contributed by atoms with van der Waals surface area (Å²) in [5.41, 5.74) is 3.81. The number of hydrogen-bond donors (Lipinski definition) is 0. The quantitative estimate of drug-likeness (QED) is 0.722. The minimum Gasteiger partial charge on any atom is -0.375 e. The largest absolute Gasteiger partial charge is 0.375 e. The van der Waals surface area contributed by atoms with Gasteiger partial charge in [-0.25, -0.2) is 0 Å². The van der Waals surface area contributed by atoms with Gasteiger partial charge >= 0.3 is 0 Å². The van der Waals surface area contributed by atoms with E-state index < -0.39 is 0 Å². The molecule has 0 radical (unpaired) electrons. The van der Waals surface area contributed by atoms with E-state index in [0.29, 0.717) is 0 Å². The maximum absolute atomic E-state index is 6.07. The first kappa shape index (κ1) is 16.2. The van der Waals surface area contributed by atoms with Crippen LogP contribution in [0.3, 0.4) is 0 Å². The second kappa shape index (κ2) is 7.34. The number of fused-ring (bicyclic) bond motifs is 1. The van der Waals surface area contributed by atoms with Gasteiger partial charge < -0.3 is 4.74 Å². The molecule has 1 fully saturated rings. The van der Waals surface area contributed by atoms with Gasteiger partial charge in [-0.05, 0) is 34.9 Å². The van der Waals surface area contributed by atoms with E-state index in [1.165, 1.54) is 27.6 Å². The van der Waals surface area contributed by atoms with Gasteiger partial charge in [0.1, 0.15) is 0 Å². The zero-order valence-corrected chi connectivity index (χ0v) is 14.7. The Morgan fingerprint density at radius 1 is 1.08 bits per heavy atom. The lowest BCUT2D eigenvalue weighted by molar-refractivity contribution is -0.0307. The average molecular weight is 332 g/mol. The second-order valence-electron chi connectivity index (χ2n) is 6.84. The number of hydrogen-bond acceptors (Lipinski definition) is 3. The lowest BCUT2D eigenvalue weighted by Crippen LogP contribution is -2.43. The summed E-state index contributed by atoms with van der Waals surface area (Å²) >= 11 is 0. The van der Waals surface area contributed by atoms with Crippen LogP contribution in [-0.2, 0) is 17.7 Å². The smallest absolute Gasteiger partial charge is 0.0743 e. The highest BCUT2D eigenvalue weighted by Gasteiger charge is 2.22. The molecule has 2 heterocycles. The number of rotatable bonds is 4. The molecule has 3 nitrogen and oxygen atoms in total. The molecule has 0 spiro atoms. The van der Waals surface area contributed by atoms with Crippen LogP contribution in [0.25, 0.3) is 10.8 Å². The van der Waals surface area contributed by atoms with Crippen molar-refractivity contribution in [2.24, 2.45) is 0 Å². The van der Waals surface area contributed by atoms with E-state index in [4.69, 9.17) is 4.74 Å². The van der Waals surface area contributed by atoms with Crippen LogP contribution in [0.5, 0.6) is 0 Å². The lowest BCUT2D eigenvalue weighted by Gasteiger charge is -2.33. The molecule has 0 amide bonds. The van der Waals surface area contributed by atoms with E-state index in [9.17, 15) is 0 Å². The molecular formula is C22H24N2O. The number of aromatic nitrogens is 1. The summed E-state index contributed by atoms with van der Waals surface area (Å²) in [6.07, 6.45) is 3.08. The third-order valence-corrected chi connectivity index (χ3v) is 5.04.